The van der Waals surface area contributed by atoms with Crippen LogP contribution in [0.3, 0.4) is 0 Å². The van der Waals surface area contributed by atoms with E-state index in [2.05, 4.69) is 5.32 Å². The molecule has 0 aliphatic carbocycles. The first kappa shape index (κ1) is 23.5. The van der Waals surface area contributed by atoms with Crippen LogP contribution >= 0.6 is 0 Å². The molecule has 0 spiro atoms. The highest BCUT2D eigenvalue weighted by Gasteiger charge is 2.31. The molecule has 3 rings (SSSR count). The van der Waals surface area contributed by atoms with Crippen LogP contribution in [-0.4, -0.2) is 54.1 Å². The first-order valence-corrected chi connectivity index (χ1v) is 11.9. The highest BCUT2D eigenvalue weighted by atomic mass is 32.2. The lowest BCUT2D eigenvalue weighted by Gasteiger charge is -2.30. The minimum absolute atomic E-state index is 0.311. The van der Waals surface area contributed by atoms with Crippen molar-refractivity contribution in [3.8, 4) is 23.0 Å². The molecule has 2 atom stereocenters. The number of fused-ring (bicyclic) bond motifs is 1. The van der Waals surface area contributed by atoms with Crippen molar-refractivity contribution in [1.82, 2.24) is 5.32 Å². The molecule has 2 aromatic carbocycles. The van der Waals surface area contributed by atoms with Gasteiger partial charge in [-0.3, -0.25) is 9.10 Å². The molecule has 0 radical (unpaired) electrons. The number of nitrogens with zero attached hydrogens (tertiary/aromatic N) is 1. The Hall–Kier alpha value is -3.14. The summed E-state index contributed by atoms with van der Waals surface area (Å²) >= 11 is 0. The smallest absolute Gasteiger partial charge is 0.244 e. The minimum Gasteiger partial charge on any atom is -0.497 e. The zero-order valence-corrected chi connectivity index (χ0v) is 19.6. The number of hydrogen-bond donors (Lipinski definition) is 1. The number of hydrogen-bond acceptors (Lipinski definition) is 7. The van der Waals surface area contributed by atoms with Crippen LogP contribution in [0.2, 0.25) is 0 Å². The predicted octanol–water partition coefficient (Wildman–Crippen LogP) is 2.51. The van der Waals surface area contributed by atoms with Crippen molar-refractivity contribution >= 4 is 21.6 Å². The van der Waals surface area contributed by atoms with Gasteiger partial charge < -0.3 is 24.3 Å². The Morgan fingerprint density at radius 2 is 1.72 bits per heavy atom. The van der Waals surface area contributed by atoms with E-state index in [9.17, 15) is 13.2 Å². The Balaban J connectivity index is 1.86. The van der Waals surface area contributed by atoms with Crippen molar-refractivity contribution in [2.75, 3.05) is 38.0 Å². The third kappa shape index (κ3) is 5.01. The summed E-state index contributed by atoms with van der Waals surface area (Å²) in [5, 5.41) is 2.87. The highest BCUT2D eigenvalue weighted by Crippen LogP contribution is 2.35. The molecule has 0 fully saturated rings. The van der Waals surface area contributed by atoms with Gasteiger partial charge in [0.05, 0.1) is 32.2 Å². The second-order valence-corrected chi connectivity index (χ2v) is 9.26. The molecular weight excluding hydrogens is 436 g/mol. The van der Waals surface area contributed by atoms with Crippen molar-refractivity contribution in [3.63, 3.8) is 0 Å². The zero-order chi connectivity index (χ0) is 23.5. The fraction of sp³-hybridized carbons (Fsp3) is 0.409. The van der Waals surface area contributed by atoms with E-state index in [1.807, 2.05) is 0 Å². The number of rotatable bonds is 8. The average molecular weight is 465 g/mol. The van der Waals surface area contributed by atoms with Gasteiger partial charge in [-0.2, -0.15) is 0 Å². The molecule has 9 nitrogen and oxygen atoms in total. The molecule has 1 aliphatic heterocycles. The van der Waals surface area contributed by atoms with Gasteiger partial charge in [-0.05, 0) is 44.2 Å². The SMILES string of the molecule is COc1ccc(OC)c([C@@H](C)NC(=O)[C@@H](C)N(c2ccc3c(c2)OCCO3)S(C)(=O)=O)c1. The Labute approximate surface area is 188 Å². The summed E-state index contributed by atoms with van der Waals surface area (Å²) < 4.78 is 48.0. The lowest BCUT2D eigenvalue weighted by molar-refractivity contribution is -0.122. The van der Waals surface area contributed by atoms with Crippen molar-refractivity contribution in [2.24, 2.45) is 0 Å². The quantitative estimate of drug-likeness (QED) is 0.640. The molecule has 0 saturated carbocycles. The number of anilines is 1. The van der Waals surface area contributed by atoms with Gasteiger partial charge in [0, 0.05) is 11.6 Å². The van der Waals surface area contributed by atoms with Gasteiger partial charge in [0.2, 0.25) is 15.9 Å². The zero-order valence-electron chi connectivity index (χ0n) is 18.7. The van der Waals surface area contributed by atoms with Crippen molar-refractivity contribution in [1.29, 1.82) is 0 Å². The maximum atomic E-state index is 13.1. The van der Waals surface area contributed by atoms with Gasteiger partial charge in [0.25, 0.3) is 0 Å². The number of methoxy groups -OCH3 is 2. The minimum atomic E-state index is -3.78. The van der Waals surface area contributed by atoms with E-state index in [0.29, 0.717) is 47.5 Å². The van der Waals surface area contributed by atoms with E-state index in [4.69, 9.17) is 18.9 Å². The number of amides is 1. The van der Waals surface area contributed by atoms with E-state index in [1.165, 1.54) is 14.0 Å². The molecule has 1 aliphatic rings. The highest BCUT2D eigenvalue weighted by molar-refractivity contribution is 7.92. The molecule has 32 heavy (non-hydrogen) atoms. The van der Waals surface area contributed by atoms with Crippen LogP contribution in [0.25, 0.3) is 0 Å². The summed E-state index contributed by atoms with van der Waals surface area (Å²) in [7, 11) is -0.694. The van der Waals surface area contributed by atoms with E-state index in [1.54, 1.807) is 50.4 Å². The molecule has 2 aromatic rings. The Bertz CT molecular complexity index is 1090. The summed E-state index contributed by atoms with van der Waals surface area (Å²) in [6.07, 6.45) is 1.06. The lowest BCUT2D eigenvalue weighted by Crippen LogP contribution is -2.48. The molecule has 0 aromatic heterocycles. The van der Waals surface area contributed by atoms with Crippen LogP contribution in [0.4, 0.5) is 5.69 Å². The number of carbonyl (C=O) groups is 1. The molecular formula is C22H28N2O7S. The predicted molar refractivity (Wildman–Crippen MR) is 120 cm³/mol. The van der Waals surface area contributed by atoms with Crippen LogP contribution in [0.15, 0.2) is 36.4 Å². The summed E-state index contributed by atoms with van der Waals surface area (Å²) in [4.78, 5) is 13.1. The Morgan fingerprint density at radius 1 is 1.03 bits per heavy atom. The molecule has 1 N–H and O–H groups in total. The number of nitrogens with one attached hydrogen (secondary N) is 1. The molecule has 0 saturated heterocycles. The molecule has 0 bridgehead atoms. The van der Waals surface area contributed by atoms with Crippen LogP contribution in [0, 0.1) is 0 Å². The second kappa shape index (κ2) is 9.56. The summed E-state index contributed by atoms with van der Waals surface area (Å²) in [5.41, 5.74) is 1.02. The van der Waals surface area contributed by atoms with E-state index >= 15 is 0 Å². The van der Waals surface area contributed by atoms with Crippen LogP contribution in [0.5, 0.6) is 23.0 Å². The number of ether oxygens (including phenoxy) is 4. The molecule has 10 heteroatoms. The number of benzene rings is 2. The second-order valence-electron chi connectivity index (χ2n) is 7.40. The maximum absolute atomic E-state index is 13.1. The third-order valence-corrected chi connectivity index (χ3v) is 6.37. The van der Waals surface area contributed by atoms with E-state index in [-0.39, 0.29) is 0 Å². The lowest BCUT2D eigenvalue weighted by atomic mass is 10.1. The van der Waals surface area contributed by atoms with Gasteiger partial charge >= 0.3 is 0 Å². The maximum Gasteiger partial charge on any atom is 0.244 e. The van der Waals surface area contributed by atoms with Crippen molar-refractivity contribution in [3.05, 3.63) is 42.0 Å². The van der Waals surface area contributed by atoms with Gasteiger partial charge in [-0.15, -0.1) is 0 Å². The van der Waals surface area contributed by atoms with Gasteiger partial charge in [0.15, 0.2) is 11.5 Å². The standard InChI is InChI=1S/C22H28N2O7S/c1-14(18-13-17(28-3)7-9-19(18)29-4)23-22(25)15(2)24(32(5,26)27)16-6-8-20-21(12-16)31-11-10-30-20/h6-9,12-15H,10-11H2,1-5H3,(H,23,25)/t14-,15-/m1/s1. The average Bonchev–Trinajstić information content (AvgIpc) is 2.77. The van der Waals surface area contributed by atoms with E-state index < -0.39 is 28.0 Å². The monoisotopic (exact) mass is 464 g/mol. The van der Waals surface area contributed by atoms with E-state index in [0.717, 1.165) is 10.6 Å². The number of carbonyl (C=O) groups excluding carboxylic acids is 1. The fourth-order valence-corrected chi connectivity index (χ4v) is 4.73. The first-order valence-electron chi connectivity index (χ1n) is 10.1. The van der Waals surface area contributed by atoms with Gasteiger partial charge in [0.1, 0.15) is 30.8 Å². The largest absolute Gasteiger partial charge is 0.497 e. The normalized spacial score (nSPS) is 14.8. The van der Waals surface area contributed by atoms with Crippen molar-refractivity contribution in [2.45, 2.75) is 25.9 Å². The topological polar surface area (TPSA) is 103 Å². The molecule has 1 heterocycles. The molecule has 0 unspecified atom stereocenters. The summed E-state index contributed by atoms with van der Waals surface area (Å²) in [6.45, 7) is 4.11. The first-order chi connectivity index (χ1) is 15.2. The van der Waals surface area contributed by atoms with Crippen LogP contribution in [0.1, 0.15) is 25.5 Å². The Morgan fingerprint density at radius 3 is 2.34 bits per heavy atom. The summed E-state index contributed by atoms with van der Waals surface area (Å²) in [6, 6.07) is 8.58. The summed E-state index contributed by atoms with van der Waals surface area (Å²) in [5.74, 6) is 1.69. The molecule has 1 amide bonds. The van der Waals surface area contributed by atoms with Crippen molar-refractivity contribution < 1.29 is 32.2 Å². The third-order valence-electron chi connectivity index (χ3n) is 5.13. The van der Waals surface area contributed by atoms with Crippen LogP contribution in [-0.2, 0) is 14.8 Å². The van der Waals surface area contributed by atoms with Gasteiger partial charge in [-0.25, -0.2) is 8.42 Å². The fourth-order valence-electron chi connectivity index (χ4n) is 3.57. The van der Waals surface area contributed by atoms with Crippen LogP contribution < -0.4 is 28.6 Å². The molecule has 174 valence electrons. The van der Waals surface area contributed by atoms with Gasteiger partial charge in [-0.1, -0.05) is 0 Å². The number of sulfonamides is 1. The Kier molecular flexibility index (Phi) is 7.02.